The normalized spacial score (nSPS) is 10.5. The highest BCUT2D eigenvalue weighted by Crippen LogP contribution is 2.18. The molecule has 2 rings (SSSR count). The lowest BCUT2D eigenvalue weighted by Crippen LogP contribution is -2.24. The summed E-state index contributed by atoms with van der Waals surface area (Å²) in [5.74, 6) is -1.02. The van der Waals surface area contributed by atoms with E-state index < -0.39 is 5.97 Å². The molecule has 0 radical (unpaired) electrons. The van der Waals surface area contributed by atoms with Crippen LogP contribution in [0.3, 0.4) is 0 Å². The molecule has 1 aromatic heterocycles. The first kappa shape index (κ1) is 14.8. The fourth-order valence-corrected chi connectivity index (χ4v) is 2.43. The van der Waals surface area contributed by atoms with Gasteiger partial charge in [0.2, 0.25) is 0 Å². The highest BCUT2D eigenvalue weighted by molar-refractivity contribution is 5.90. The van der Waals surface area contributed by atoms with Gasteiger partial charge in [0.15, 0.2) is 0 Å². The van der Waals surface area contributed by atoms with Crippen LogP contribution in [0.25, 0.3) is 5.69 Å². The van der Waals surface area contributed by atoms with Crippen LogP contribution in [-0.2, 0) is 0 Å². The largest absolute Gasteiger partial charge is 0.478 e. The first-order chi connectivity index (χ1) is 9.82. The van der Waals surface area contributed by atoms with Crippen LogP contribution in [0, 0.1) is 13.8 Å². The quantitative estimate of drug-likeness (QED) is 0.939. The first-order valence-electron chi connectivity index (χ1n) is 6.57. The maximum atomic E-state index is 12.2. The van der Waals surface area contributed by atoms with Crippen LogP contribution >= 0.6 is 0 Å². The monoisotopic (exact) mass is 286 g/mol. The van der Waals surface area contributed by atoms with E-state index in [4.69, 9.17) is 0 Å². The summed E-state index contributed by atoms with van der Waals surface area (Å²) in [6, 6.07) is 8.76. The summed E-state index contributed by atoms with van der Waals surface area (Å²) < 4.78 is 1.43. The van der Waals surface area contributed by atoms with Gasteiger partial charge < -0.3 is 10.0 Å². The summed E-state index contributed by atoms with van der Waals surface area (Å²) in [6.45, 7) is 3.29. The zero-order valence-electron chi connectivity index (χ0n) is 12.5. The number of nitrogens with zero attached hydrogens (tertiary/aromatic N) is 2. The lowest BCUT2D eigenvalue weighted by Gasteiger charge is -2.16. The number of carboxylic acids is 1. The van der Waals surface area contributed by atoms with E-state index in [-0.39, 0.29) is 11.1 Å². The average Bonchev–Trinajstić information content (AvgIpc) is 2.38. The van der Waals surface area contributed by atoms with Crippen molar-refractivity contribution >= 4 is 11.7 Å². The molecule has 0 fully saturated rings. The van der Waals surface area contributed by atoms with Crippen molar-refractivity contribution in [3.63, 3.8) is 0 Å². The molecule has 1 N–H and O–H groups in total. The molecular weight excluding hydrogens is 268 g/mol. The zero-order valence-corrected chi connectivity index (χ0v) is 12.5. The predicted molar refractivity (Wildman–Crippen MR) is 82.8 cm³/mol. The molecule has 21 heavy (non-hydrogen) atoms. The second-order valence-electron chi connectivity index (χ2n) is 5.18. The second-order valence-corrected chi connectivity index (χ2v) is 5.18. The van der Waals surface area contributed by atoms with E-state index in [0.717, 1.165) is 5.69 Å². The van der Waals surface area contributed by atoms with E-state index in [1.165, 1.54) is 10.6 Å². The van der Waals surface area contributed by atoms with Gasteiger partial charge in [-0.25, -0.2) is 4.79 Å². The van der Waals surface area contributed by atoms with Crippen molar-refractivity contribution in [2.45, 2.75) is 13.8 Å². The molecule has 5 heteroatoms. The Labute approximate surface area is 123 Å². The van der Waals surface area contributed by atoms with Crippen molar-refractivity contribution in [3.05, 3.63) is 57.5 Å². The maximum absolute atomic E-state index is 12.2. The number of anilines is 1. The standard InChI is InChI=1S/C16H18N2O3/c1-10-9-14(19)18(11(2)15(10)16(20)21)13-7-5-12(6-8-13)17(3)4/h5-9H,1-4H3,(H,20,21). The molecule has 0 saturated heterocycles. The topological polar surface area (TPSA) is 62.5 Å². The number of hydrogen-bond acceptors (Lipinski definition) is 3. The SMILES string of the molecule is Cc1cc(=O)n(-c2ccc(N(C)C)cc2)c(C)c1C(=O)O. The van der Waals surface area contributed by atoms with Gasteiger partial charge in [-0.05, 0) is 43.7 Å². The molecule has 2 aromatic rings. The van der Waals surface area contributed by atoms with Gasteiger partial charge in [-0.1, -0.05) is 0 Å². The second kappa shape index (κ2) is 5.44. The Bertz CT molecular complexity index is 743. The molecular formula is C16H18N2O3. The number of benzene rings is 1. The van der Waals surface area contributed by atoms with Gasteiger partial charge in [-0.2, -0.15) is 0 Å². The Hall–Kier alpha value is -2.56. The average molecular weight is 286 g/mol. The van der Waals surface area contributed by atoms with E-state index in [2.05, 4.69) is 0 Å². The zero-order chi connectivity index (χ0) is 15.7. The third kappa shape index (κ3) is 2.67. The maximum Gasteiger partial charge on any atom is 0.337 e. The Morgan fingerprint density at radius 2 is 1.71 bits per heavy atom. The van der Waals surface area contributed by atoms with Crippen LogP contribution in [0.4, 0.5) is 5.69 Å². The highest BCUT2D eigenvalue weighted by atomic mass is 16.4. The highest BCUT2D eigenvalue weighted by Gasteiger charge is 2.16. The summed E-state index contributed by atoms with van der Waals surface area (Å²) in [6.07, 6.45) is 0. The van der Waals surface area contributed by atoms with Gasteiger partial charge in [0.1, 0.15) is 0 Å². The van der Waals surface area contributed by atoms with E-state index in [9.17, 15) is 14.7 Å². The van der Waals surface area contributed by atoms with Crippen LogP contribution in [0.2, 0.25) is 0 Å². The van der Waals surface area contributed by atoms with Gasteiger partial charge in [0, 0.05) is 37.2 Å². The molecule has 0 amide bonds. The molecule has 0 bridgehead atoms. The molecule has 5 nitrogen and oxygen atoms in total. The van der Waals surface area contributed by atoms with E-state index in [1.54, 1.807) is 13.8 Å². The molecule has 0 atom stereocenters. The summed E-state index contributed by atoms with van der Waals surface area (Å²) >= 11 is 0. The third-order valence-electron chi connectivity index (χ3n) is 3.49. The van der Waals surface area contributed by atoms with E-state index >= 15 is 0 Å². The van der Waals surface area contributed by atoms with Crippen LogP contribution in [0.1, 0.15) is 21.6 Å². The molecule has 1 heterocycles. The van der Waals surface area contributed by atoms with Crippen molar-refractivity contribution in [1.29, 1.82) is 0 Å². The van der Waals surface area contributed by atoms with Crippen molar-refractivity contribution in [2.75, 3.05) is 19.0 Å². The molecule has 0 aliphatic rings. The molecule has 0 aliphatic heterocycles. The molecule has 0 spiro atoms. The van der Waals surface area contributed by atoms with Crippen molar-refractivity contribution in [1.82, 2.24) is 4.57 Å². The predicted octanol–water partition coefficient (Wildman–Crippen LogP) is 2.22. The molecule has 110 valence electrons. The van der Waals surface area contributed by atoms with Gasteiger partial charge >= 0.3 is 5.97 Å². The molecule has 0 aliphatic carbocycles. The number of aromatic carboxylic acids is 1. The van der Waals surface area contributed by atoms with Crippen LogP contribution in [0.5, 0.6) is 0 Å². The van der Waals surface area contributed by atoms with Crippen molar-refractivity contribution in [3.8, 4) is 5.69 Å². The summed E-state index contributed by atoms with van der Waals surface area (Å²) in [5.41, 5.74) is 2.52. The van der Waals surface area contributed by atoms with Crippen LogP contribution in [-0.4, -0.2) is 29.7 Å². The summed E-state index contributed by atoms with van der Waals surface area (Å²) in [7, 11) is 3.86. The third-order valence-corrected chi connectivity index (χ3v) is 3.49. The molecule has 1 aromatic carbocycles. The minimum absolute atomic E-state index is 0.172. The molecule has 0 unspecified atom stereocenters. The minimum Gasteiger partial charge on any atom is -0.478 e. The van der Waals surface area contributed by atoms with Crippen molar-refractivity contribution < 1.29 is 9.90 Å². The number of hydrogen-bond donors (Lipinski definition) is 1. The van der Waals surface area contributed by atoms with Crippen LogP contribution in [0.15, 0.2) is 35.1 Å². The number of aromatic nitrogens is 1. The summed E-state index contributed by atoms with van der Waals surface area (Å²) in [5, 5.41) is 9.30. The number of carbonyl (C=O) groups is 1. The number of aryl methyl sites for hydroxylation is 1. The smallest absolute Gasteiger partial charge is 0.337 e. The Morgan fingerprint density at radius 3 is 2.19 bits per heavy atom. The fourth-order valence-electron chi connectivity index (χ4n) is 2.43. The number of pyridine rings is 1. The van der Waals surface area contributed by atoms with Crippen LogP contribution < -0.4 is 10.5 Å². The number of rotatable bonds is 3. The number of carboxylic acid groups (broad SMARTS) is 1. The lowest BCUT2D eigenvalue weighted by molar-refractivity contribution is 0.0694. The Balaban J connectivity index is 2.66. The Morgan fingerprint density at radius 1 is 1.14 bits per heavy atom. The first-order valence-corrected chi connectivity index (χ1v) is 6.57. The molecule has 0 saturated carbocycles. The van der Waals surface area contributed by atoms with Gasteiger partial charge in [-0.3, -0.25) is 9.36 Å². The van der Waals surface area contributed by atoms with E-state index in [0.29, 0.717) is 16.9 Å². The van der Waals surface area contributed by atoms with Crippen molar-refractivity contribution in [2.24, 2.45) is 0 Å². The van der Waals surface area contributed by atoms with E-state index in [1.807, 2.05) is 43.3 Å². The Kier molecular flexibility index (Phi) is 3.84. The minimum atomic E-state index is -1.02. The van der Waals surface area contributed by atoms with Gasteiger partial charge in [0.25, 0.3) is 5.56 Å². The van der Waals surface area contributed by atoms with Gasteiger partial charge in [0.05, 0.1) is 5.56 Å². The fraction of sp³-hybridized carbons (Fsp3) is 0.250. The lowest BCUT2D eigenvalue weighted by atomic mass is 10.1. The van der Waals surface area contributed by atoms with Gasteiger partial charge in [-0.15, -0.1) is 0 Å². The summed E-state index contributed by atoms with van der Waals surface area (Å²) in [4.78, 5) is 25.5.